The molecule has 0 spiro atoms. The van der Waals surface area contributed by atoms with Crippen molar-refractivity contribution in [1.82, 2.24) is 9.88 Å². The first-order valence-corrected chi connectivity index (χ1v) is 10.8. The summed E-state index contributed by atoms with van der Waals surface area (Å²) in [5.74, 6) is 0.877. The molecule has 1 N–H and O–H groups in total. The topological polar surface area (TPSA) is 62.7 Å². The molecule has 2 fully saturated rings. The number of piperidine rings is 1. The van der Waals surface area contributed by atoms with Gasteiger partial charge in [-0.2, -0.15) is 0 Å². The fourth-order valence-corrected chi connectivity index (χ4v) is 4.89. The second-order valence-corrected chi connectivity index (χ2v) is 8.59. The summed E-state index contributed by atoms with van der Waals surface area (Å²) in [7, 11) is 0. The predicted molar refractivity (Wildman–Crippen MR) is 117 cm³/mol. The number of esters is 1. The highest BCUT2D eigenvalue weighted by Crippen LogP contribution is 2.52. The summed E-state index contributed by atoms with van der Waals surface area (Å²) in [6.45, 7) is 3.39. The number of benzene rings is 2. The molecule has 3 atom stereocenters. The van der Waals surface area contributed by atoms with Crippen molar-refractivity contribution in [3.05, 3.63) is 102 Å². The monoisotopic (exact) mass is 414 g/mol. The van der Waals surface area contributed by atoms with Crippen LogP contribution < -0.4 is 0 Å². The van der Waals surface area contributed by atoms with Crippen LogP contribution in [0.4, 0.5) is 0 Å². The Morgan fingerprint density at radius 1 is 0.968 bits per heavy atom. The van der Waals surface area contributed by atoms with Crippen LogP contribution in [0.25, 0.3) is 0 Å². The summed E-state index contributed by atoms with van der Waals surface area (Å²) in [6.07, 6.45) is 3.13. The summed E-state index contributed by atoms with van der Waals surface area (Å²) < 4.78 is 5.69. The number of hydrogen-bond acceptors (Lipinski definition) is 5. The van der Waals surface area contributed by atoms with E-state index in [1.54, 1.807) is 42.6 Å². The maximum Gasteiger partial charge on any atom is 0.347 e. The van der Waals surface area contributed by atoms with E-state index in [9.17, 15) is 9.90 Å². The van der Waals surface area contributed by atoms with E-state index in [0.29, 0.717) is 35.5 Å². The number of carbonyl (C=O) groups is 1. The molecule has 1 saturated heterocycles. The van der Waals surface area contributed by atoms with Gasteiger partial charge in [0.25, 0.3) is 0 Å². The smallest absolute Gasteiger partial charge is 0.347 e. The minimum Gasteiger partial charge on any atom is -0.463 e. The van der Waals surface area contributed by atoms with Crippen LogP contribution in [-0.2, 0) is 21.7 Å². The molecule has 1 aromatic heterocycles. The van der Waals surface area contributed by atoms with Crippen LogP contribution in [0.1, 0.15) is 16.7 Å². The van der Waals surface area contributed by atoms with Gasteiger partial charge in [-0.1, -0.05) is 66.7 Å². The average Bonchev–Trinajstić information content (AvgIpc) is 3.29. The fraction of sp³-hybridized carbons (Fsp3) is 0.308. The van der Waals surface area contributed by atoms with Crippen molar-refractivity contribution in [2.24, 2.45) is 17.8 Å². The number of rotatable bonds is 7. The molecule has 0 radical (unpaired) electrons. The summed E-state index contributed by atoms with van der Waals surface area (Å²) in [4.78, 5) is 19.7. The Morgan fingerprint density at radius 2 is 1.61 bits per heavy atom. The van der Waals surface area contributed by atoms with Crippen LogP contribution in [0.15, 0.2) is 85.2 Å². The summed E-state index contributed by atoms with van der Waals surface area (Å²) in [5, 5.41) is 11.4. The Kier molecular flexibility index (Phi) is 5.30. The number of aliphatic hydroxyl groups is 1. The number of hydrogen-bond donors (Lipinski definition) is 1. The van der Waals surface area contributed by atoms with Gasteiger partial charge in [0.15, 0.2) is 0 Å². The van der Waals surface area contributed by atoms with Crippen LogP contribution in [0, 0.1) is 17.8 Å². The standard InChI is InChI=1S/C26H26N2O3/c29-25(26(30,20-10-5-2-6-11-20)21-12-7-13-27-14-21)31-18-24-22-16-28(17-23(22)24)15-19-8-3-1-4-9-19/h1-14,22-24,30H,15-18H2. The first kappa shape index (κ1) is 19.9. The molecule has 5 nitrogen and oxygen atoms in total. The molecule has 1 aliphatic heterocycles. The number of fused-ring (bicyclic) bond motifs is 1. The van der Waals surface area contributed by atoms with Gasteiger partial charge in [-0.25, -0.2) is 4.79 Å². The van der Waals surface area contributed by atoms with Crippen molar-refractivity contribution < 1.29 is 14.6 Å². The lowest BCUT2D eigenvalue weighted by Crippen LogP contribution is -2.39. The van der Waals surface area contributed by atoms with Crippen molar-refractivity contribution in [1.29, 1.82) is 0 Å². The normalized spacial score (nSPS) is 24.2. The van der Waals surface area contributed by atoms with Gasteiger partial charge in [0, 0.05) is 43.5 Å². The van der Waals surface area contributed by atoms with Crippen molar-refractivity contribution in [2.45, 2.75) is 12.1 Å². The molecule has 5 rings (SSSR count). The van der Waals surface area contributed by atoms with Gasteiger partial charge < -0.3 is 9.84 Å². The van der Waals surface area contributed by atoms with E-state index >= 15 is 0 Å². The van der Waals surface area contributed by atoms with E-state index in [1.807, 2.05) is 12.1 Å². The molecule has 5 heteroatoms. The maximum atomic E-state index is 13.1. The van der Waals surface area contributed by atoms with E-state index in [-0.39, 0.29) is 0 Å². The highest BCUT2D eigenvalue weighted by Gasteiger charge is 2.56. The molecule has 0 amide bonds. The van der Waals surface area contributed by atoms with Gasteiger partial charge in [0.1, 0.15) is 0 Å². The molecule has 1 saturated carbocycles. The van der Waals surface area contributed by atoms with Crippen LogP contribution >= 0.6 is 0 Å². The lowest BCUT2D eigenvalue weighted by Gasteiger charge is -2.27. The van der Waals surface area contributed by atoms with Gasteiger partial charge in [-0.15, -0.1) is 0 Å². The largest absolute Gasteiger partial charge is 0.463 e. The van der Waals surface area contributed by atoms with E-state index in [0.717, 1.165) is 19.6 Å². The first-order valence-electron chi connectivity index (χ1n) is 10.8. The number of ether oxygens (including phenoxy) is 1. The second kappa shape index (κ2) is 8.25. The Balaban J connectivity index is 1.21. The third-order valence-electron chi connectivity index (χ3n) is 6.67. The van der Waals surface area contributed by atoms with Crippen LogP contribution in [-0.4, -0.2) is 40.7 Å². The Bertz CT molecular complexity index is 975. The van der Waals surface area contributed by atoms with Gasteiger partial charge in [-0.05, 0) is 29.0 Å². The number of nitrogens with zero attached hydrogens (tertiary/aromatic N) is 2. The number of aromatic nitrogens is 1. The number of carbonyl (C=O) groups excluding carboxylic acids is 1. The van der Waals surface area contributed by atoms with Gasteiger partial charge >= 0.3 is 5.97 Å². The van der Waals surface area contributed by atoms with E-state index in [2.05, 4.69) is 34.1 Å². The molecule has 0 bridgehead atoms. The summed E-state index contributed by atoms with van der Waals surface area (Å²) in [6, 6.07) is 22.9. The molecular weight excluding hydrogens is 388 g/mol. The van der Waals surface area contributed by atoms with Gasteiger partial charge in [0.2, 0.25) is 5.60 Å². The molecule has 2 aromatic carbocycles. The molecule has 2 aliphatic rings. The molecule has 3 aromatic rings. The van der Waals surface area contributed by atoms with Gasteiger partial charge in [0.05, 0.1) is 6.61 Å². The zero-order valence-corrected chi connectivity index (χ0v) is 17.3. The average molecular weight is 415 g/mol. The van der Waals surface area contributed by atoms with Crippen molar-refractivity contribution in [3.63, 3.8) is 0 Å². The number of pyridine rings is 1. The van der Waals surface area contributed by atoms with Crippen molar-refractivity contribution >= 4 is 5.97 Å². The van der Waals surface area contributed by atoms with Crippen LogP contribution in [0.3, 0.4) is 0 Å². The quantitative estimate of drug-likeness (QED) is 0.602. The Hall–Kier alpha value is -3.02. The van der Waals surface area contributed by atoms with Crippen LogP contribution in [0.2, 0.25) is 0 Å². The lowest BCUT2D eigenvalue weighted by atomic mass is 9.87. The fourth-order valence-electron chi connectivity index (χ4n) is 4.89. The third kappa shape index (κ3) is 3.87. The molecule has 1 aliphatic carbocycles. The number of likely N-dealkylation sites (tertiary alicyclic amines) is 1. The lowest BCUT2D eigenvalue weighted by molar-refractivity contribution is -0.163. The minimum absolute atomic E-state index is 0.350. The van der Waals surface area contributed by atoms with Crippen molar-refractivity contribution in [2.75, 3.05) is 19.7 Å². The zero-order valence-electron chi connectivity index (χ0n) is 17.3. The SMILES string of the molecule is O=C(OCC1C2CN(Cc3ccccc3)CC12)C(O)(c1ccccc1)c1cccnc1. The second-order valence-electron chi connectivity index (χ2n) is 8.59. The summed E-state index contributed by atoms with van der Waals surface area (Å²) >= 11 is 0. The molecule has 2 heterocycles. The van der Waals surface area contributed by atoms with Crippen molar-refractivity contribution in [3.8, 4) is 0 Å². The molecular formula is C26H26N2O3. The minimum atomic E-state index is -1.86. The molecule has 31 heavy (non-hydrogen) atoms. The Labute approximate surface area is 182 Å². The van der Waals surface area contributed by atoms with Crippen LogP contribution in [0.5, 0.6) is 0 Å². The maximum absolute atomic E-state index is 13.1. The molecule has 3 unspecified atom stereocenters. The first-order chi connectivity index (χ1) is 15.2. The van der Waals surface area contributed by atoms with E-state index in [4.69, 9.17) is 4.74 Å². The Morgan fingerprint density at radius 3 is 2.26 bits per heavy atom. The third-order valence-corrected chi connectivity index (χ3v) is 6.67. The summed E-state index contributed by atoms with van der Waals surface area (Å²) in [5.41, 5.74) is 0.365. The highest BCUT2D eigenvalue weighted by atomic mass is 16.5. The van der Waals surface area contributed by atoms with Gasteiger partial charge in [-0.3, -0.25) is 9.88 Å². The zero-order chi connectivity index (χ0) is 21.3. The predicted octanol–water partition coefficient (Wildman–Crippen LogP) is 3.24. The van der Waals surface area contributed by atoms with E-state index in [1.165, 1.54) is 11.8 Å². The molecule has 158 valence electrons. The highest BCUT2D eigenvalue weighted by molar-refractivity contribution is 5.85. The van der Waals surface area contributed by atoms with E-state index < -0.39 is 11.6 Å².